The van der Waals surface area contributed by atoms with E-state index in [4.69, 9.17) is 4.74 Å². The number of pyridine rings is 1. The summed E-state index contributed by atoms with van der Waals surface area (Å²) in [6.45, 7) is 2.38. The van der Waals surface area contributed by atoms with Crippen LogP contribution in [0.4, 0.5) is 15.9 Å². The number of anilines is 2. The normalized spacial score (nSPS) is 16.7. The Balaban J connectivity index is 1.65. The quantitative estimate of drug-likeness (QED) is 0.814. The molecular formula is C20H22FN3O3. The average Bonchev–Trinajstić information content (AvgIpc) is 2.67. The molecule has 7 heteroatoms. The van der Waals surface area contributed by atoms with Gasteiger partial charge in [0, 0.05) is 24.5 Å². The van der Waals surface area contributed by atoms with Crippen molar-refractivity contribution in [3.05, 3.63) is 54.0 Å². The van der Waals surface area contributed by atoms with Crippen LogP contribution < -0.4 is 5.32 Å². The van der Waals surface area contributed by atoms with Crippen LogP contribution in [0.3, 0.4) is 0 Å². The summed E-state index contributed by atoms with van der Waals surface area (Å²) < 4.78 is 18.6. The fourth-order valence-corrected chi connectivity index (χ4v) is 3.13. The highest BCUT2D eigenvalue weighted by atomic mass is 19.1. The van der Waals surface area contributed by atoms with Crippen molar-refractivity contribution < 1.29 is 18.7 Å². The van der Waals surface area contributed by atoms with Gasteiger partial charge >= 0.3 is 5.97 Å². The number of aromatic nitrogens is 1. The topological polar surface area (TPSA) is 71.5 Å². The third-order valence-electron chi connectivity index (χ3n) is 4.57. The summed E-state index contributed by atoms with van der Waals surface area (Å²) in [5.74, 6) is -1.01. The number of nitrogens with one attached hydrogen (secondary N) is 1. The summed E-state index contributed by atoms with van der Waals surface area (Å²) in [6, 6.07) is 9.14. The predicted molar refractivity (Wildman–Crippen MR) is 99.2 cm³/mol. The molecule has 0 aliphatic carbocycles. The van der Waals surface area contributed by atoms with Crippen molar-refractivity contribution in [3.63, 3.8) is 0 Å². The molecule has 142 valence electrons. The fourth-order valence-electron chi connectivity index (χ4n) is 3.13. The van der Waals surface area contributed by atoms with Crippen LogP contribution in [-0.4, -0.2) is 41.0 Å². The van der Waals surface area contributed by atoms with Crippen molar-refractivity contribution in [2.24, 2.45) is 0 Å². The van der Waals surface area contributed by atoms with Crippen LogP contribution in [0.2, 0.25) is 0 Å². The Kier molecular flexibility index (Phi) is 6.01. The van der Waals surface area contributed by atoms with Crippen LogP contribution in [0.1, 0.15) is 36.5 Å². The minimum Gasteiger partial charge on any atom is -0.452 e. The lowest BCUT2D eigenvalue weighted by atomic mass is 10.0. The van der Waals surface area contributed by atoms with E-state index in [1.807, 2.05) is 6.92 Å². The largest absolute Gasteiger partial charge is 0.452 e. The summed E-state index contributed by atoms with van der Waals surface area (Å²) in [5.41, 5.74) is 0.641. The third kappa shape index (κ3) is 4.81. The van der Waals surface area contributed by atoms with E-state index in [1.54, 1.807) is 29.2 Å². The molecule has 1 atom stereocenters. The predicted octanol–water partition coefficient (Wildman–Crippen LogP) is 3.52. The zero-order chi connectivity index (χ0) is 19.2. The lowest BCUT2D eigenvalue weighted by molar-refractivity contribution is -0.137. The van der Waals surface area contributed by atoms with E-state index >= 15 is 0 Å². The molecule has 1 aromatic heterocycles. The molecule has 1 N–H and O–H groups in total. The maximum atomic E-state index is 13.4. The zero-order valence-corrected chi connectivity index (χ0v) is 15.2. The number of halogens is 1. The molecule has 0 radical (unpaired) electrons. The summed E-state index contributed by atoms with van der Waals surface area (Å²) in [6.07, 6.45) is 4.55. The first-order chi connectivity index (χ1) is 13.0. The Morgan fingerprint density at radius 1 is 1.30 bits per heavy atom. The number of amides is 1. The Morgan fingerprint density at radius 2 is 2.15 bits per heavy atom. The first kappa shape index (κ1) is 18.8. The molecule has 6 nitrogen and oxygen atoms in total. The molecule has 1 saturated heterocycles. The van der Waals surface area contributed by atoms with Crippen molar-refractivity contribution in [3.8, 4) is 0 Å². The molecule has 2 heterocycles. The minimum absolute atomic E-state index is 0.161. The summed E-state index contributed by atoms with van der Waals surface area (Å²) in [7, 11) is 0. The number of carbonyl (C=O) groups excluding carboxylic acids is 2. The van der Waals surface area contributed by atoms with Crippen molar-refractivity contribution in [2.75, 3.05) is 18.5 Å². The molecule has 0 spiro atoms. The highest BCUT2D eigenvalue weighted by molar-refractivity contribution is 5.96. The van der Waals surface area contributed by atoms with Gasteiger partial charge in [-0.15, -0.1) is 0 Å². The van der Waals surface area contributed by atoms with E-state index in [2.05, 4.69) is 10.3 Å². The molecule has 1 amide bonds. The second-order valence-corrected chi connectivity index (χ2v) is 6.54. The number of benzene rings is 1. The van der Waals surface area contributed by atoms with Crippen LogP contribution in [-0.2, 0) is 9.53 Å². The first-order valence-corrected chi connectivity index (χ1v) is 8.99. The highest BCUT2D eigenvalue weighted by Crippen LogP contribution is 2.20. The van der Waals surface area contributed by atoms with Gasteiger partial charge in [-0.05, 0) is 56.5 Å². The molecule has 3 rings (SSSR count). The number of nitrogens with zero attached hydrogens (tertiary/aromatic N) is 2. The van der Waals surface area contributed by atoms with Gasteiger partial charge < -0.3 is 15.0 Å². The lowest BCUT2D eigenvalue weighted by Crippen LogP contribution is -2.44. The van der Waals surface area contributed by atoms with Crippen LogP contribution >= 0.6 is 0 Å². The molecule has 2 aromatic rings. The number of hydrogen-bond acceptors (Lipinski definition) is 5. The van der Waals surface area contributed by atoms with Gasteiger partial charge in [-0.3, -0.25) is 4.79 Å². The minimum atomic E-state index is -0.653. The van der Waals surface area contributed by atoms with Crippen molar-refractivity contribution in [1.82, 2.24) is 9.88 Å². The summed E-state index contributed by atoms with van der Waals surface area (Å²) in [5, 5.41) is 2.91. The Hall–Kier alpha value is -2.96. The van der Waals surface area contributed by atoms with Gasteiger partial charge in [-0.1, -0.05) is 6.07 Å². The standard InChI is InChI=1S/C20H22FN3O3/c1-14-6-2-3-11-24(14)18(25)13-27-20(26)17-9-5-10-22-19(17)23-16-8-4-7-15(21)12-16/h4-5,7-10,12,14H,2-3,6,11,13H2,1H3,(H,22,23)/t14-/m0/s1. The van der Waals surface area contributed by atoms with E-state index in [0.717, 1.165) is 19.3 Å². The fraction of sp³-hybridized carbons (Fsp3) is 0.350. The number of ether oxygens (including phenoxy) is 1. The number of rotatable bonds is 5. The van der Waals surface area contributed by atoms with Gasteiger partial charge in [0.1, 0.15) is 17.2 Å². The van der Waals surface area contributed by atoms with Gasteiger partial charge in [-0.25, -0.2) is 14.2 Å². The summed E-state index contributed by atoms with van der Waals surface area (Å²) in [4.78, 5) is 30.7. The smallest absolute Gasteiger partial charge is 0.342 e. The molecule has 1 fully saturated rings. The number of hydrogen-bond donors (Lipinski definition) is 1. The van der Waals surface area contributed by atoms with Gasteiger partial charge in [0.25, 0.3) is 5.91 Å². The average molecular weight is 371 g/mol. The van der Waals surface area contributed by atoms with Gasteiger partial charge in [0.05, 0.1) is 0 Å². The van der Waals surface area contributed by atoms with Crippen molar-refractivity contribution in [1.29, 1.82) is 0 Å². The Labute approximate surface area is 157 Å². The monoisotopic (exact) mass is 371 g/mol. The highest BCUT2D eigenvalue weighted by Gasteiger charge is 2.24. The SMILES string of the molecule is C[C@H]1CCCCN1C(=O)COC(=O)c1cccnc1Nc1cccc(F)c1. The molecule has 1 aromatic carbocycles. The molecule has 1 aliphatic heterocycles. The molecule has 27 heavy (non-hydrogen) atoms. The number of carbonyl (C=O) groups is 2. The second kappa shape index (κ2) is 8.62. The van der Waals surface area contributed by atoms with Crippen LogP contribution in [0.25, 0.3) is 0 Å². The van der Waals surface area contributed by atoms with Crippen molar-refractivity contribution >= 4 is 23.4 Å². The van der Waals surface area contributed by atoms with Crippen LogP contribution in [0.5, 0.6) is 0 Å². The van der Waals surface area contributed by atoms with Gasteiger partial charge in [0.2, 0.25) is 0 Å². The maximum Gasteiger partial charge on any atom is 0.342 e. The van der Waals surface area contributed by atoms with Gasteiger partial charge in [-0.2, -0.15) is 0 Å². The Morgan fingerprint density at radius 3 is 2.93 bits per heavy atom. The van der Waals surface area contributed by atoms with E-state index in [0.29, 0.717) is 12.2 Å². The maximum absolute atomic E-state index is 13.4. The Bertz CT molecular complexity index is 828. The van der Waals surface area contributed by atoms with Gasteiger partial charge in [0.15, 0.2) is 6.61 Å². The molecule has 1 aliphatic rings. The van der Waals surface area contributed by atoms with E-state index < -0.39 is 11.8 Å². The van der Waals surface area contributed by atoms with Crippen LogP contribution in [0.15, 0.2) is 42.6 Å². The number of likely N-dealkylation sites (tertiary alicyclic amines) is 1. The second-order valence-electron chi connectivity index (χ2n) is 6.54. The zero-order valence-electron chi connectivity index (χ0n) is 15.2. The third-order valence-corrected chi connectivity index (χ3v) is 4.57. The van der Waals surface area contributed by atoms with E-state index in [1.165, 1.54) is 18.3 Å². The number of piperidine rings is 1. The molecule has 0 bridgehead atoms. The van der Waals surface area contributed by atoms with Crippen molar-refractivity contribution in [2.45, 2.75) is 32.2 Å². The molecular weight excluding hydrogens is 349 g/mol. The molecule has 0 unspecified atom stereocenters. The van der Waals surface area contributed by atoms with E-state index in [9.17, 15) is 14.0 Å². The lowest BCUT2D eigenvalue weighted by Gasteiger charge is -2.33. The molecule has 0 saturated carbocycles. The van der Waals surface area contributed by atoms with E-state index in [-0.39, 0.29) is 29.9 Å². The first-order valence-electron chi connectivity index (χ1n) is 8.99. The summed E-state index contributed by atoms with van der Waals surface area (Å²) >= 11 is 0. The number of esters is 1. The van der Waals surface area contributed by atoms with Crippen LogP contribution in [0, 0.1) is 5.82 Å².